The van der Waals surface area contributed by atoms with Gasteiger partial charge in [-0.1, -0.05) is 58.4 Å². The van der Waals surface area contributed by atoms with Gasteiger partial charge in [0.05, 0.1) is 26.9 Å². The summed E-state index contributed by atoms with van der Waals surface area (Å²) >= 11 is 3.50. The summed E-state index contributed by atoms with van der Waals surface area (Å²) in [6.07, 6.45) is 0. The van der Waals surface area contributed by atoms with Crippen molar-refractivity contribution in [3.05, 3.63) is 104 Å². The highest BCUT2D eigenvalue weighted by atomic mass is 79.9. The van der Waals surface area contributed by atoms with Gasteiger partial charge in [0.15, 0.2) is 0 Å². The zero-order chi connectivity index (χ0) is 25.9. The molecule has 1 saturated heterocycles. The summed E-state index contributed by atoms with van der Waals surface area (Å²) in [5, 5.41) is 1.16. The number of aromatic nitrogens is 1. The molecule has 0 saturated carbocycles. The van der Waals surface area contributed by atoms with Crippen molar-refractivity contribution in [3.63, 3.8) is 0 Å². The summed E-state index contributed by atoms with van der Waals surface area (Å²) in [6, 6.07) is 22.0. The molecule has 5 rings (SSSR count). The Morgan fingerprint density at radius 1 is 0.946 bits per heavy atom. The third kappa shape index (κ3) is 4.95. The standard InChI is InChI=1S/C29H25BrN2O5/c1-36-29(35)26-25(20-5-3-2-4-6-20)24-17-22(30)11-12-23(24)28(34)32(26)18-19-7-9-21(10-8-19)27(33)31-13-15-37-16-14-31/h2-12,17H,13-16,18H2,1H3. The highest BCUT2D eigenvalue weighted by Crippen LogP contribution is 2.33. The summed E-state index contributed by atoms with van der Waals surface area (Å²) in [5.41, 5.74) is 2.66. The lowest BCUT2D eigenvalue weighted by Crippen LogP contribution is -2.40. The van der Waals surface area contributed by atoms with Crippen molar-refractivity contribution in [2.75, 3.05) is 33.4 Å². The molecule has 1 fully saturated rings. The normalized spacial score (nSPS) is 13.5. The molecule has 0 atom stereocenters. The number of nitrogens with zero attached hydrogens (tertiary/aromatic N) is 2. The molecular weight excluding hydrogens is 536 g/mol. The fraction of sp³-hybridized carbons (Fsp3) is 0.207. The monoisotopic (exact) mass is 560 g/mol. The molecule has 4 aromatic rings. The molecule has 0 bridgehead atoms. The number of carbonyl (C=O) groups is 2. The van der Waals surface area contributed by atoms with Gasteiger partial charge >= 0.3 is 5.97 Å². The maximum absolute atomic E-state index is 13.7. The van der Waals surface area contributed by atoms with Gasteiger partial charge in [0, 0.05) is 34.1 Å². The van der Waals surface area contributed by atoms with Crippen LogP contribution in [0.4, 0.5) is 0 Å². The smallest absolute Gasteiger partial charge is 0.355 e. The van der Waals surface area contributed by atoms with E-state index in [2.05, 4.69) is 15.9 Å². The molecule has 0 spiro atoms. The SMILES string of the molecule is COC(=O)c1c(-c2ccccc2)c2cc(Br)ccc2c(=O)n1Cc1ccc(C(=O)N2CCOCC2)cc1. The number of rotatable bonds is 5. The van der Waals surface area contributed by atoms with E-state index in [9.17, 15) is 14.4 Å². The maximum atomic E-state index is 13.7. The predicted molar refractivity (Wildman–Crippen MR) is 145 cm³/mol. The van der Waals surface area contributed by atoms with Crippen molar-refractivity contribution in [1.29, 1.82) is 0 Å². The van der Waals surface area contributed by atoms with Gasteiger partial charge in [-0.3, -0.25) is 14.2 Å². The van der Waals surface area contributed by atoms with E-state index >= 15 is 0 Å². The minimum atomic E-state index is -0.600. The Hall–Kier alpha value is -3.75. The molecule has 1 aromatic heterocycles. The first-order valence-corrected chi connectivity index (χ1v) is 12.7. The summed E-state index contributed by atoms with van der Waals surface area (Å²) in [5.74, 6) is -0.651. The van der Waals surface area contributed by atoms with E-state index in [0.717, 1.165) is 15.6 Å². The number of fused-ring (bicyclic) bond motifs is 1. The Bertz CT molecular complexity index is 1520. The number of hydrogen-bond donors (Lipinski definition) is 0. The first-order valence-electron chi connectivity index (χ1n) is 11.9. The molecule has 2 heterocycles. The maximum Gasteiger partial charge on any atom is 0.355 e. The highest BCUT2D eigenvalue weighted by Gasteiger charge is 2.25. The lowest BCUT2D eigenvalue weighted by atomic mass is 9.96. The van der Waals surface area contributed by atoms with Gasteiger partial charge in [0.2, 0.25) is 0 Å². The molecule has 3 aromatic carbocycles. The number of hydrogen-bond acceptors (Lipinski definition) is 5. The van der Waals surface area contributed by atoms with Crippen LogP contribution in [-0.4, -0.2) is 54.8 Å². The van der Waals surface area contributed by atoms with Gasteiger partial charge in [-0.2, -0.15) is 0 Å². The van der Waals surface area contributed by atoms with E-state index in [-0.39, 0.29) is 23.7 Å². The Balaban J connectivity index is 1.62. The average Bonchev–Trinajstić information content (AvgIpc) is 2.94. The Labute approximate surface area is 222 Å². The number of methoxy groups -OCH3 is 1. The van der Waals surface area contributed by atoms with Crippen LogP contribution in [0.3, 0.4) is 0 Å². The fourth-order valence-electron chi connectivity index (χ4n) is 4.66. The van der Waals surface area contributed by atoms with Gasteiger partial charge in [-0.25, -0.2) is 4.79 Å². The Kier molecular flexibility index (Phi) is 7.21. The molecule has 1 amide bonds. The minimum absolute atomic E-state index is 0.0510. The topological polar surface area (TPSA) is 77.8 Å². The van der Waals surface area contributed by atoms with E-state index in [1.807, 2.05) is 54.6 Å². The van der Waals surface area contributed by atoms with Crippen molar-refractivity contribution >= 4 is 38.6 Å². The molecular formula is C29H25BrN2O5. The Morgan fingerprint density at radius 3 is 2.32 bits per heavy atom. The van der Waals surface area contributed by atoms with Crippen LogP contribution in [0.25, 0.3) is 21.9 Å². The van der Waals surface area contributed by atoms with Crippen LogP contribution in [-0.2, 0) is 16.0 Å². The predicted octanol–water partition coefficient (Wildman–Crippen LogP) is 4.74. The van der Waals surface area contributed by atoms with Gasteiger partial charge in [-0.05, 0) is 46.8 Å². The number of halogens is 1. The summed E-state index contributed by atoms with van der Waals surface area (Å²) in [6.45, 7) is 2.33. The van der Waals surface area contributed by atoms with E-state index in [0.29, 0.717) is 48.2 Å². The third-order valence-corrected chi connectivity index (χ3v) is 7.01. The van der Waals surface area contributed by atoms with E-state index in [4.69, 9.17) is 9.47 Å². The first kappa shape index (κ1) is 24.9. The van der Waals surface area contributed by atoms with Gasteiger partial charge in [-0.15, -0.1) is 0 Å². The van der Waals surface area contributed by atoms with Gasteiger partial charge < -0.3 is 14.4 Å². The van der Waals surface area contributed by atoms with Crippen molar-refractivity contribution in [2.24, 2.45) is 0 Å². The van der Waals surface area contributed by atoms with Gasteiger partial charge in [0.25, 0.3) is 11.5 Å². The van der Waals surface area contributed by atoms with Crippen LogP contribution in [0.2, 0.25) is 0 Å². The van der Waals surface area contributed by atoms with E-state index in [1.54, 1.807) is 23.1 Å². The second-order valence-corrected chi connectivity index (χ2v) is 9.68. The number of amides is 1. The number of carbonyl (C=O) groups excluding carboxylic acids is 2. The summed E-state index contributed by atoms with van der Waals surface area (Å²) < 4.78 is 12.8. The van der Waals surface area contributed by atoms with Crippen molar-refractivity contribution in [2.45, 2.75) is 6.54 Å². The third-order valence-electron chi connectivity index (χ3n) is 6.51. The molecule has 0 aliphatic carbocycles. The number of esters is 1. The van der Waals surface area contributed by atoms with Crippen LogP contribution in [0.15, 0.2) is 82.1 Å². The quantitative estimate of drug-likeness (QED) is 0.329. The summed E-state index contributed by atoms with van der Waals surface area (Å²) in [7, 11) is 1.31. The van der Waals surface area contributed by atoms with Crippen LogP contribution in [0, 0.1) is 0 Å². The van der Waals surface area contributed by atoms with Crippen LogP contribution < -0.4 is 5.56 Å². The van der Waals surface area contributed by atoms with Crippen LogP contribution in [0.1, 0.15) is 26.4 Å². The molecule has 0 N–H and O–H groups in total. The second kappa shape index (κ2) is 10.7. The largest absolute Gasteiger partial charge is 0.464 e. The molecule has 0 unspecified atom stereocenters. The molecule has 8 heteroatoms. The van der Waals surface area contributed by atoms with Crippen LogP contribution >= 0.6 is 15.9 Å². The second-order valence-electron chi connectivity index (χ2n) is 8.76. The van der Waals surface area contributed by atoms with Crippen molar-refractivity contribution < 1.29 is 19.1 Å². The lowest BCUT2D eigenvalue weighted by molar-refractivity contribution is 0.0303. The number of pyridine rings is 1. The highest BCUT2D eigenvalue weighted by molar-refractivity contribution is 9.10. The zero-order valence-electron chi connectivity index (χ0n) is 20.3. The zero-order valence-corrected chi connectivity index (χ0v) is 21.9. The molecule has 1 aliphatic heterocycles. The van der Waals surface area contributed by atoms with Crippen LogP contribution in [0.5, 0.6) is 0 Å². The van der Waals surface area contributed by atoms with Gasteiger partial charge in [0.1, 0.15) is 5.69 Å². The number of morpholine rings is 1. The van der Waals surface area contributed by atoms with Crippen molar-refractivity contribution in [3.8, 4) is 11.1 Å². The molecule has 1 aliphatic rings. The molecule has 188 valence electrons. The molecule has 0 radical (unpaired) electrons. The minimum Gasteiger partial charge on any atom is -0.464 e. The average molecular weight is 561 g/mol. The van der Waals surface area contributed by atoms with E-state index in [1.165, 1.54) is 11.7 Å². The number of ether oxygens (including phenoxy) is 2. The molecule has 7 nitrogen and oxygen atoms in total. The fourth-order valence-corrected chi connectivity index (χ4v) is 5.02. The Morgan fingerprint density at radius 2 is 1.65 bits per heavy atom. The number of benzene rings is 3. The molecule has 37 heavy (non-hydrogen) atoms. The lowest BCUT2D eigenvalue weighted by Gasteiger charge is -2.26. The van der Waals surface area contributed by atoms with Crippen molar-refractivity contribution in [1.82, 2.24) is 9.47 Å². The first-order chi connectivity index (χ1) is 18.0. The van der Waals surface area contributed by atoms with E-state index < -0.39 is 5.97 Å². The summed E-state index contributed by atoms with van der Waals surface area (Å²) in [4.78, 5) is 41.5.